The monoisotopic (exact) mass is 367 g/mol. The highest BCUT2D eigenvalue weighted by molar-refractivity contribution is 5.78. The lowest BCUT2D eigenvalue weighted by Crippen LogP contribution is -2.11. The molecule has 0 unspecified atom stereocenters. The number of fused-ring (bicyclic) bond motifs is 1. The number of rotatable bonds is 6. The summed E-state index contributed by atoms with van der Waals surface area (Å²) in [6.07, 6.45) is 4.34. The van der Waals surface area contributed by atoms with Gasteiger partial charge in [0.2, 0.25) is 5.95 Å². The molecule has 0 spiro atoms. The number of aromatic nitrogens is 4. The van der Waals surface area contributed by atoms with Gasteiger partial charge in [-0.3, -0.25) is 0 Å². The van der Waals surface area contributed by atoms with Gasteiger partial charge in [0.15, 0.2) is 0 Å². The molecule has 3 heterocycles. The maximum atomic E-state index is 13.4. The topological polar surface area (TPSA) is 75.9 Å². The number of nitrogens with one attached hydrogen (secondary N) is 1. The van der Waals surface area contributed by atoms with Crippen LogP contribution in [-0.4, -0.2) is 37.8 Å². The van der Waals surface area contributed by atoms with E-state index in [0.29, 0.717) is 5.95 Å². The molecule has 4 rings (SSSR count). The van der Waals surface area contributed by atoms with Gasteiger partial charge in [0.1, 0.15) is 11.6 Å². The molecule has 1 aliphatic rings. The quantitative estimate of drug-likeness (QED) is 0.698. The van der Waals surface area contributed by atoms with E-state index in [1.54, 1.807) is 18.3 Å². The van der Waals surface area contributed by atoms with Crippen LogP contribution in [0.2, 0.25) is 0 Å². The van der Waals surface area contributed by atoms with Crippen molar-refractivity contribution in [3.8, 4) is 22.6 Å². The van der Waals surface area contributed by atoms with Gasteiger partial charge in [0, 0.05) is 24.7 Å². The third-order valence-electron chi connectivity index (χ3n) is 4.81. The predicted octanol–water partition coefficient (Wildman–Crippen LogP) is 3.45. The number of hydrogen-bond donors (Lipinski definition) is 2. The molecule has 2 aromatic heterocycles. The number of aliphatic hydroxyl groups is 1. The maximum absolute atomic E-state index is 13.4. The maximum Gasteiger partial charge on any atom is 0.223 e. The number of nitrogens with zero attached hydrogens (tertiary/aromatic N) is 4. The van der Waals surface area contributed by atoms with Gasteiger partial charge in [-0.05, 0) is 43.2 Å². The standard InChI is InChI=1S/C20H22FN5O/c1-2-10-22-20-23-11-9-16(24-20)19-18(13-3-5-14(21)6-4-13)25-17-8-7-15(12-27)26(17)19/h3-6,9,11,15,27H,2,7-8,10,12H2,1H3,(H,22,23,24)/t15-/m1/s1. The van der Waals surface area contributed by atoms with Gasteiger partial charge in [0.05, 0.1) is 29.7 Å². The summed E-state index contributed by atoms with van der Waals surface area (Å²) in [6, 6.07) is 8.13. The van der Waals surface area contributed by atoms with Crippen molar-refractivity contribution in [3.63, 3.8) is 0 Å². The van der Waals surface area contributed by atoms with E-state index in [9.17, 15) is 9.50 Å². The molecular weight excluding hydrogens is 345 g/mol. The minimum atomic E-state index is -0.284. The lowest BCUT2D eigenvalue weighted by Gasteiger charge is -2.15. The molecule has 0 saturated heterocycles. The van der Waals surface area contributed by atoms with Gasteiger partial charge in [-0.2, -0.15) is 0 Å². The molecule has 1 aromatic carbocycles. The smallest absolute Gasteiger partial charge is 0.223 e. The lowest BCUT2D eigenvalue weighted by atomic mass is 10.1. The molecule has 6 nitrogen and oxygen atoms in total. The lowest BCUT2D eigenvalue weighted by molar-refractivity contribution is 0.234. The second kappa shape index (κ2) is 7.44. The molecule has 140 valence electrons. The zero-order valence-electron chi connectivity index (χ0n) is 15.2. The van der Waals surface area contributed by atoms with E-state index in [-0.39, 0.29) is 18.5 Å². The first-order valence-electron chi connectivity index (χ1n) is 9.26. The summed E-state index contributed by atoms with van der Waals surface area (Å²) >= 11 is 0. The van der Waals surface area contributed by atoms with Gasteiger partial charge >= 0.3 is 0 Å². The Bertz CT molecular complexity index is 938. The fourth-order valence-electron chi connectivity index (χ4n) is 3.51. The summed E-state index contributed by atoms with van der Waals surface area (Å²) in [5.74, 6) is 1.20. The minimum absolute atomic E-state index is 0.0290. The Hall–Kier alpha value is -2.80. The van der Waals surface area contributed by atoms with Crippen molar-refractivity contribution in [1.29, 1.82) is 0 Å². The van der Waals surface area contributed by atoms with Gasteiger partial charge in [-0.25, -0.2) is 19.3 Å². The number of aryl methyl sites for hydroxylation is 1. The zero-order chi connectivity index (χ0) is 18.8. The highest BCUT2D eigenvalue weighted by Gasteiger charge is 2.30. The molecule has 0 saturated carbocycles. The molecule has 0 fully saturated rings. The molecular formula is C20H22FN5O. The second-order valence-electron chi connectivity index (χ2n) is 6.67. The van der Waals surface area contributed by atoms with Gasteiger partial charge < -0.3 is 15.0 Å². The molecule has 0 radical (unpaired) electrons. The van der Waals surface area contributed by atoms with Crippen LogP contribution in [-0.2, 0) is 6.42 Å². The van der Waals surface area contributed by atoms with Crippen LogP contribution >= 0.6 is 0 Å². The van der Waals surface area contributed by atoms with E-state index < -0.39 is 0 Å². The highest BCUT2D eigenvalue weighted by Crippen LogP contribution is 2.39. The van der Waals surface area contributed by atoms with Crippen LogP contribution in [0.4, 0.5) is 10.3 Å². The Kier molecular flexibility index (Phi) is 4.85. The second-order valence-corrected chi connectivity index (χ2v) is 6.67. The first-order chi connectivity index (χ1) is 13.2. The van der Waals surface area contributed by atoms with Crippen molar-refractivity contribution >= 4 is 5.95 Å². The first-order valence-corrected chi connectivity index (χ1v) is 9.26. The molecule has 7 heteroatoms. The van der Waals surface area contributed by atoms with Crippen LogP contribution in [0.15, 0.2) is 36.5 Å². The van der Waals surface area contributed by atoms with Crippen LogP contribution < -0.4 is 5.32 Å². The summed E-state index contributed by atoms with van der Waals surface area (Å²) in [5.41, 5.74) is 3.16. The summed E-state index contributed by atoms with van der Waals surface area (Å²) < 4.78 is 15.5. The van der Waals surface area contributed by atoms with Crippen LogP contribution in [0.3, 0.4) is 0 Å². The van der Waals surface area contributed by atoms with Gasteiger partial charge in [-0.15, -0.1) is 0 Å². The highest BCUT2D eigenvalue weighted by atomic mass is 19.1. The SMILES string of the molecule is CCCNc1nccc(-c2c(-c3ccc(F)cc3)nc3n2[C@@H](CO)CC3)n1. The van der Waals surface area contributed by atoms with Crippen molar-refractivity contribution in [2.24, 2.45) is 0 Å². The number of imidazole rings is 1. The fourth-order valence-corrected chi connectivity index (χ4v) is 3.51. The Labute approximate surface area is 157 Å². The molecule has 1 atom stereocenters. The normalized spacial score (nSPS) is 15.7. The zero-order valence-corrected chi connectivity index (χ0v) is 15.2. The molecule has 2 N–H and O–H groups in total. The summed E-state index contributed by atoms with van der Waals surface area (Å²) in [5, 5.41) is 13.0. The summed E-state index contributed by atoms with van der Waals surface area (Å²) in [4.78, 5) is 13.8. The number of benzene rings is 1. The Morgan fingerprint density at radius 3 is 2.78 bits per heavy atom. The van der Waals surface area contributed by atoms with E-state index in [1.165, 1.54) is 12.1 Å². The van der Waals surface area contributed by atoms with Crippen molar-refractivity contribution in [2.45, 2.75) is 32.2 Å². The Balaban J connectivity index is 1.86. The molecule has 0 amide bonds. The van der Waals surface area contributed by atoms with E-state index in [2.05, 4.69) is 26.8 Å². The van der Waals surface area contributed by atoms with Gasteiger partial charge in [0.25, 0.3) is 0 Å². The fraction of sp³-hybridized carbons (Fsp3) is 0.350. The largest absolute Gasteiger partial charge is 0.394 e. The van der Waals surface area contributed by atoms with Crippen molar-refractivity contribution in [2.75, 3.05) is 18.5 Å². The molecule has 0 bridgehead atoms. The number of aliphatic hydroxyl groups excluding tert-OH is 1. The van der Waals surface area contributed by atoms with Crippen LogP contribution in [0.25, 0.3) is 22.6 Å². The molecule has 1 aliphatic heterocycles. The van der Waals surface area contributed by atoms with Crippen molar-refractivity contribution in [1.82, 2.24) is 19.5 Å². The summed E-state index contributed by atoms with van der Waals surface area (Å²) in [6.45, 7) is 2.92. The molecule has 3 aromatic rings. The average Bonchev–Trinajstić information content (AvgIpc) is 3.26. The Morgan fingerprint density at radius 2 is 2.04 bits per heavy atom. The van der Waals surface area contributed by atoms with E-state index in [0.717, 1.165) is 54.3 Å². The Morgan fingerprint density at radius 1 is 1.22 bits per heavy atom. The third kappa shape index (κ3) is 3.30. The number of anilines is 1. The summed E-state index contributed by atoms with van der Waals surface area (Å²) in [7, 11) is 0. The van der Waals surface area contributed by atoms with E-state index >= 15 is 0 Å². The van der Waals surface area contributed by atoms with Crippen molar-refractivity contribution in [3.05, 3.63) is 48.2 Å². The van der Waals surface area contributed by atoms with Crippen LogP contribution in [0.1, 0.15) is 31.6 Å². The van der Waals surface area contributed by atoms with Crippen LogP contribution in [0.5, 0.6) is 0 Å². The predicted molar refractivity (Wildman–Crippen MR) is 102 cm³/mol. The average molecular weight is 367 g/mol. The first kappa shape index (κ1) is 17.6. The number of halogens is 1. The number of hydrogen-bond acceptors (Lipinski definition) is 5. The molecule has 27 heavy (non-hydrogen) atoms. The van der Waals surface area contributed by atoms with E-state index in [1.807, 2.05) is 6.07 Å². The molecule has 0 aliphatic carbocycles. The third-order valence-corrected chi connectivity index (χ3v) is 4.81. The van der Waals surface area contributed by atoms with Crippen molar-refractivity contribution < 1.29 is 9.50 Å². The minimum Gasteiger partial charge on any atom is -0.394 e. The van der Waals surface area contributed by atoms with Crippen LogP contribution in [0, 0.1) is 5.82 Å². The van der Waals surface area contributed by atoms with Gasteiger partial charge in [-0.1, -0.05) is 6.92 Å². The van der Waals surface area contributed by atoms with E-state index in [4.69, 9.17) is 4.98 Å².